The molecule has 0 fully saturated rings. The minimum absolute atomic E-state index is 0.264. The molecule has 0 unspecified atom stereocenters. The lowest BCUT2D eigenvalue weighted by Crippen LogP contribution is -2.17. The Bertz CT molecular complexity index is 1130. The highest BCUT2D eigenvalue weighted by Gasteiger charge is 2.11. The van der Waals surface area contributed by atoms with Gasteiger partial charge in [0.15, 0.2) is 0 Å². The first-order chi connectivity index (χ1) is 14.3. The van der Waals surface area contributed by atoms with Gasteiger partial charge in [0, 0.05) is 5.56 Å². The van der Waals surface area contributed by atoms with Crippen LogP contribution >= 0.6 is 46.4 Å². The number of hydrogen-bond donors (Lipinski definition) is 1. The van der Waals surface area contributed by atoms with Gasteiger partial charge >= 0.3 is 5.97 Å². The van der Waals surface area contributed by atoms with Crippen LogP contribution in [-0.4, -0.2) is 18.1 Å². The zero-order chi connectivity index (χ0) is 21.7. The highest BCUT2D eigenvalue weighted by molar-refractivity contribution is 6.42. The van der Waals surface area contributed by atoms with Crippen molar-refractivity contribution in [2.75, 3.05) is 0 Å². The van der Waals surface area contributed by atoms with Crippen molar-refractivity contribution >= 4 is 64.5 Å². The highest BCUT2D eigenvalue weighted by atomic mass is 35.5. The third kappa shape index (κ3) is 5.74. The minimum Gasteiger partial charge on any atom is -0.423 e. The minimum atomic E-state index is -0.566. The van der Waals surface area contributed by atoms with Gasteiger partial charge in [-0.15, -0.1) is 0 Å². The lowest BCUT2D eigenvalue weighted by Gasteiger charge is -2.05. The average Bonchev–Trinajstić information content (AvgIpc) is 2.73. The topological polar surface area (TPSA) is 67.8 Å². The predicted octanol–water partition coefficient (Wildman–Crippen LogP) is 6.28. The van der Waals surface area contributed by atoms with E-state index >= 15 is 0 Å². The van der Waals surface area contributed by atoms with E-state index in [0.29, 0.717) is 26.9 Å². The van der Waals surface area contributed by atoms with Gasteiger partial charge in [0.2, 0.25) is 0 Å². The number of carbonyl (C=O) groups excluding carboxylic acids is 2. The number of esters is 1. The molecule has 1 N–H and O–H groups in total. The molecule has 1 amide bonds. The molecule has 0 saturated heterocycles. The van der Waals surface area contributed by atoms with Gasteiger partial charge < -0.3 is 4.74 Å². The Morgan fingerprint density at radius 1 is 0.767 bits per heavy atom. The van der Waals surface area contributed by atoms with Crippen molar-refractivity contribution in [2.24, 2.45) is 5.10 Å². The fourth-order valence-electron chi connectivity index (χ4n) is 2.28. The van der Waals surface area contributed by atoms with Gasteiger partial charge in [0.05, 0.1) is 31.9 Å². The number of rotatable bonds is 5. The van der Waals surface area contributed by atoms with Crippen LogP contribution in [-0.2, 0) is 0 Å². The molecule has 0 saturated carbocycles. The Hall–Kier alpha value is -2.57. The molecule has 3 rings (SSSR count). The Balaban J connectivity index is 1.58. The van der Waals surface area contributed by atoms with Crippen LogP contribution in [0, 0.1) is 0 Å². The smallest absolute Gasteiger partial charge is 0.343 e. The standard InChI is InChI=1S/C21H12Cl4N2O3/c22-16-7-3-13(9-18(16)24)20(28)27-26-11-12-1-5-15(6-2-12)30-21(29)14-4-8-17(23)19(25)10-14/h1-11H,(H,27,28)/b26-11-. The molecule has 0 aliphatic carbocycles. The molecule has 30 heavy (non-hydrogen) atoms. The first-order valence-corrected chi connectivity index (χ1v) is 9.90. The van der Waals surface area contributed by atoms with E-state index in [1.165, 1.54) is 42.6 Å². The molecule has 0 spiro atoms. The van der Waals surface area contributed by atoms with Crippen molar-refractivity contribution in [1.82, 2.24) is 5.43 Å². The van der Waals surface area contributed by atoms with E-state index < -0.39 is 11.9 Å². The van der Waals surface area contributed by atoms with Crippen LogP contribution in [0.4, 0.5) is 0 Å². The van der Waals surface area contributed by atoms with E-state index in [0.717, 1.165) is 0 Å². The zero-order valence-corrected chi connectivity index (χ0v) is 18.1. The molecular weight excluding hydrogens is 470 g/mol. The van der Waals surface area contributed by atoms with E-state index in [1.807, 2.05) is 0 Å². The van der Waals surface area contributed by atoms with Gasteiger partial charge in [-0.1, -0.05) is 46.4 Å². The number of hydrazone groups is 1. The largest absolute Gasteiger partial charge is 0.423 e. The molecule has 0 bridgehead atoms. The molecule has 0 radical (unpaired) electrons. The van der Waals surface area contributed by atoms with E-state index in [1.54, 1.807) is 24.3 Å². The zero-order valence-electron chi connectivity index (χ0n) is 15.0. The van der Waals surface area contributed by atoms with Crippen LogP contribution in [0.1, 0.15) is 26.3 Å². The van der Waals surface area contributed by atoms with Crippen molar-refractivity contribution in [3.8, 4) is 5.75 Å². The number of nitrogens with one attached hydrogen (secondary N) is 1. The third-order valence-electron chi connectivity index (χ3n) is 3.81. The highest BCUT2D eigenvalue weighted by Crippen LogP contribution is 2.24. The Morgan fingerprint density at radius 3 is 1.93 bits per heavy atom. The summed E-state index contributed by atoms with van der Waals surface area (Å²) in [5.74, 6) is -0.663. The lowest BCUT2D eigenvalue weighted by molar-refractivity contribution is 0.0734. The summed E-state index contributed by atoms with van der Waals surface area (Å²) in [4.78, 5) is 24.2. The molecule has 5 nitrogen and oxygen atoms in total. The number of hydrogen-bond acceptors (Lipinski definition) is 4. The molecule has 0 aliphatic rings. The van der Waals surface area contributed by atoms with Crippen molar-refractivity contribution < 1.29 is 14.3 Å². The van der Waals surface area contributed by atoms with E-state index in [9.17, 15) is 9.59 Å². The molecule has 3 aromatic carbocycles. The van der Waals surface area contributed by atoms with Gasteiger partial charge in [-0.2, -0.15) is 5.10 Å². The Labute approximate surface area is 192 Å². The Morgan fingerprint density at radius 2 is 1.33 bits per heavy atom. The summed E-state index contributed by atoms with van der Waals surface area (Å²) in [6.45, 7) is 0. The molecule has 3 aromatic rings. The summed E-state index contributed by atoms with van der Waals surface area (Å²) in [5, 5.41) is 5.14. The van der Waals surface area contributed by atoms with Crippen LogP contribution < -0.4 is 10.2 Å². The van der Waals surface area contributed by atoms with Crippen LogP contribution in [0.2, 0.25) is 20.1 Å². The van der Waals surface area contributed by atoms with Crippen molar-refractivity contribution in [1.29, 1.82) is 0 Å². The fraction of sp³-hybridized carbons (Fsp3) is 0. The molecule has 152 valence electrons. The van der Waals surface area contributed by atoms with Crippen LogP contribution in [0.25, 0.3) is 0 Å². The molecule has 9 heteroatoms. The van der Waals surface area contributed by atoms with E-state index in [-0.39, 0.29) is 15.6 Å². The second kappa shape index (κ2) is 9.96. The molecule has 0 aromatic heterocycles. The first-order valence-electron chi connectivity index (χ1n) is 8.39. The quantitative estimate of drug-likeness (QED) is 0.201. The summed E-state index contributed by atoms with van der Waals surface area (Å²) in [5.41, 5.74) is 3.67. The monoisotopic (exact) mass is 480 g/mol. The third-order valence-corrected chi connectivity index (χ3v) is 5.29. The van der Waals surface area contributed by atoms with E-state index in [2.05, 4.69) is 10.5 Å². The summed E-state index contributed by atoms with van der Waals surface area (Å²) < 4.78 is 5.29. The van der Waals surface area contributed by atoms with Crippen molar-refractivity contribution in [2.45, 2.75) is 0 Å². The first kappa shape index (κ1) is 22.1. The number of nitrogens with zero attached hydrogens (tertiary/aromatic N) is 1. The number of amides is 1. The van der Waals surface area contributed by atoms with Crippen molar-refractivity contribution in [3.05, 3.63) is 97.4 Å². The average molecular weight is 482 g/mol. The van der Waals surface area contributed by atoms with Gasteiger partial charge in [0.25, 0.3) is 5.91 Å². The number of halogens is 4. The van der Waals surface area contributed by atoms with Gasteiger partial charge in [0.1, 0.15) is 5.75 Å². The van der Waals surface area contributed by atoms with E-state index in [4.69, 9.17) is 51.1 Å². The molecule has 0 heterocycles. The second-order valence-electron chi connectivity index (χ2n) is 5.92. The summed E-state index contributed by atoms with van der Waals surface area (Å²) >= 11 is 23.5. The number of ether oxygens (including phenoxy) is 1. The lowest BCUT2D eigenvalue weighted by atomic mass is 10.2. The molecular formula is C21H12Cl4N2O3. The maximum Gasteiger partial charge on any atom is 0.343 e. The second-order valence-corrected chi connectivity index (χ2v) is 7.54. The summed E-state index contributed by atoms with van der Waals surface area (Å²) in [6, 6.07) is 15.5. The van der Waals surface area contributed by atoms with Crippen molar-refractivity contribution in [3.63, 3.8) is 0 Å². The number of carbonyl (C=O) groups is 2. The SMILES string of the molecule is O=C(N/N=C\c1ccc(OC(=O)c2ccc(Cl)c(Cl)c2)cc1)c1ccc(Cl)c(Cl)c1. The van der Waals surface area contributed by atoms with Gasteiger partial charge in [-0.05, 0) is 66.2 Å². The molecule has 0 aliphatic heterocycles. The maximum atomic E-state index is 12.2. The maximum absolute atomic E-state index is 12.2. The Kier molecular flexibility index (Phi) is 7.34. The van der Waals surface area contributed by atoms with Crippen LogP contribution in [0.15, 0.2) is 65.8 Å². The van der Waals surface area contributed by atoms with Gasteiger partial charge in [-0.3, -0.25) is 4.79 Å². The normalized spacial score (nSPS) is 10.8. The molecule has 0 atom stereocenters. The predicted molar refractivity (Wildman–Crippen MR) is 119 cm³/mol. The van der Waals surface area contributed by atoms with Crippen LogP contribution in [0.3, 0.4) is 0 Å². The van der Waals surface area contributed by atoms with Gasteiger partial charge in [-0.25, -0.2) is 10.2 Å². The van der Waals surface area contributed by atoms with Crippen LogP contribution in [0.5, 0.6) is 5.75 Å². The number of benzene rings is 3. The summed E-state index contributed by atoms with van der Waals surface area (Å²) in [6.07, 6.45) is 1.44. The summed E-state index contributed by atoms with van der Waals surface area (Å²) in [7, 11) is 0. The fourth-order valence-corrected chi connectivity index (χ4v) is 2.87.